The molecule has 0 saturated carbocycles. The molecule has 30 heavy (non-hydrogen) atoms. The molecule has 0 amide bonds. The first-order valence-electron chi connectivity index (χ1n) is 9.96. The third-order valence-corrected chi connectivity index (χ3v) is 8.71. The van der Waals surface area contributed by atoms with Crippen LogP contribution in [0, 0.1) is 0 Å². The van der Waals surface area contributed by atoms with Crippen LogP contribution in [0.4, 0.5) is 5.82 Å². The van der Waals surface area contributed by atoms with Gasteiger partial charge in [-0.25, -0.2) is 23.4 Å². The minimum atomic E-state index is -3.31. The summed E-state index contributed by atoms with van der Waals surface area (Å²) in [4.78, 5) is 19.0. The van der Waals surface area contributed by atoms with Gasteiger partial charge in [0, 0.05) is 41.7 Å². The molecule has 156 valence electrons. The van der Waals surface area contributed by atoms with Crippen molar-refractivity contribution in [1.29, 1.82) is 0 Å². The summed E-state index contributed by atoms with van der Waals surface area (Å²) in [5.41, 5.74) is 2.86. The van der Waals surface area contributed by atoms with E-state index in [9.17, 15) is 8.42 Å². The van der Waals surface area contributed by atoms with Crippen LogP contribution in [-0.2, 0) is 19.3 Å². The molecule has 0 aliphatic carbocycles. The number of ether oxygens (including phenoxy) is 1. The van der Waals surface area contributed by atoms with Gasteiger partial charge in [-0.3, -0.25) is 0 Å². The molecule has 1 N–H and O–H groups in total. The van der Waals surface area contributed by atoms with Crippen LogP contribution in [0.5, 0.6) is 0 Å². The Morgan fingerprint density at radius 1 is 1.30 bits per heavy atom. The van der Waals surface area contributed by atoms with Crippen molar-refractivity contribution in [3.63, 3.8) is 0 Å². The summed E-state index contributed by atoms with van der Waals surface area (Å²) in [6.45, 7) is 7.45. The SMILES string of the molecule is C=C1COCCN1c1cc(C2(C)CCCS2(=O)=O)nc(-c2ccnc3[nH]ccc23)n1. The molecule has 2 aliphatic heterocycles. The number of morpholine rings is 1. The zero-order valence-corrected chi connectivity index (χ0v) is 17.6. The molecule has 1 atom stereocenters. The standard InChI is InChI=1S/C21H23N5O3S/c1-14-13-29-10-9-26(14)18-12-17(21(2)6-3-11-30(21,27)28)24-20(25-18)16-5-8-23-19-15(16)4-7-22-19/h4-5,7-8,12H,1,3,6,9-11,13H2,2H3,(H,22,23). The molecule has 3 aromatic rings. The Kier molecular flexibility index (Phi) is 4.41. The summed E-state index contributed by atoms with van der Waals surface area (Å²) >= 11 is 0. The van der Waals surface area contributed by atoms with Crippen LogP contribution in [0.1, 0.15) is 25.5 Å². The van der Waals surface area contributed by atoms with Crippen LogP contribution in [0.3, 0.4) is 0 Å². The highest BCUT2D eigenvalue weighted by atomic mass is 32.2. The van der Waals surface area contributed by atoms with Crippen LogP contribution in [0.15, 0.2) is 42.9 Å². The Labute approximate surface area is 174 Å². The average Bonchev–Trinajstić information content (AvgIpc) is 3.32. The Hall–Kier alpha value is -2.78. The molecule has 8 nitrogen and oxygen atoms in total. The summed E-state index contributed by atoms with van der Waals surface area (Å²) in [6.07, 6.45) is 4.70. The number of H-pyrrole nitrogens is 1. The number of pyridine rings is 1. The van der Waals surface area contributed by atoms with E-state index in [1.807, 2.05) is 23.2 Å². The first-order valence-corrected chi connectivity index (χ1v) is 11.6. The maximum Gasteiger partial charge on any atom is 0.162 e. The number of sulfone groups is 1. The zero-order chi connectivity index (χ0) is 20.9. The van der Waals surface area contributed by atoms with Crippen molar-refractivity contribution < 1.29 is 13.2 Å². The first kappa shape index (κ1) is 19.2. The molecule has 2 aliphatic rings. The van der Waals surface area contributed by atoms with Crippen LogP contribution in [0.2, 0.25) is 0 Å². The number of aromatic nitrogens is 4. The van der Waals surface area contributed by atoms with Gasteiger partial charge in [-0.2, -0.15) is 0 Å². The topological polar surface area (TPSA) is 101 Å². The summed E-state index contributed by atoms with van der Waals surface area (Å²) in [5, 5.41) is 0.890. The second-order valence-electron chi connectivity index (χ2n) is 7.96. The number of nitrogens with zero attached hydrogens (tertiary/aromatic N) is 4. The third kappa shape index (κ3) is 2.92. The van der Waals surface area contributed by atoms with Crippen LogP contribution in [-0.4, -0.2) is 53.9 Å². The van der Waals surface area contributed by atoms with Gasteiger partial charge in [0.2, 0.25) is 0 Å². The predicted octanol–water partition coefficient (Wildman–Crippen LogP) is 2.79. The quantitative estimate of drug-likeness (QED) is 0.688. The highest BCUT2D eigenvalue weighted by Crippen LogP contribution is 2.42. The van der Waals surface area contributed by atoms with E-state index >= 15 is 0 Å². The van der Waals surface area contributed by atoms with Crippen molar-refractivity contribution >= 4 is 26.7 Å². The molecule has 0 aromatic carbocycles. The molecule has 2 fully saturated rings. The van der Waals surface area contributed by atoms with E-state index in [1.165, 1.54) is 0 Å². The minimum absolute atomic E-state index is 0.180. The van der Waals surface area contributed by atoms with Gasteiger partial charge in [-0.05, 0) is 31.9 Å². The lowest BCUT2D eigenvalue weighted by atomic mass is 10.0. The highest BCUT2D eigenvalue weighted by molar-refractivity contribution is 7.92. The van der Waals surface area contributed by atoms with Gasteiger partial charge >= 0.3 is 0 Å². The molecule has 1 unspecified atom stereocenters. The zero-order valence-electron chi connectivity index (χ0n) is 16.8. The van der Waals surface area contributed by atoms with E-state index in [4.69, 9.17) is 14.7 Å². The van der Waals surface area contributed by atoms with Crippen LogP contribution >= 0.6 is 0 Å². The lowest BCUT2D eigenvalue weighted by Crippen LogP contribution is -2.35. The normalized spacial score (nSPS) is 23.9. The van der Waals surface area contributed by atoms with Gasteiger partial charge in [-0.1, -0.05) is 6.58 Å². The van der Waals surface area contributed by atoms with Crippen LogP contribution in [0.25, 0.3) is 22.4 Å². The smallest absolute Gasteiger partial charge is 0.162 e. The van der Waals surface area contributed by atoms with Gasteiger partial charge in [-0.15, -0.1) is 0 Å². The number of aromatic amines is 1. The van der Waals surface area contributed by atoms with Gasteiger partial charge in [0.1, 0.15) is 16.2 Å². The second kappa shape index (κ2) is 6.88. The molecule has 0 radical (unpaired) electrons. The summed E-state index contributed by atoms with van der Waals surface area (Å²) in [6, 6.07) is 5.59. The van der Waals surface area contributed by atoms with E-state index in [2.05, 4.69) is 16.5 Å². The third-order valence-electron chi connectivity index (χ3n) is 6.10. The fourth-order valence-electron chi connectivity index (χ4n) is 4.25. The van der Waals surface area contributed by atoms with Crippen molar-refractivity contribution in [2.75, 3.05) is 30.4 Å². The van der Waals surface area contributed by atoms with Crippen molar-refractivity contribution in [2.24, 2.45) is 0 Å². The van der Waals surface area contributed by atoms with Crippen molar-refractivity contribution in [3.8, 4) is 11.4 Å². The van der Waals surface area contributed by atoms with E-state index in [0.717, 1.165) is 22.3 Å². The largest absolute Gasteiger partial charge is 0.373 e. The number of nitrogens with one attached hydrogen (secondary N) is 1. The number of anilines is 1. The van der Waals surface area contributed by atoms with E-state index in [1.54, 1.807) is 19.2 Å². The summed E-state index contributed by atoms with van der Waals surface area (Å²) < 4.78 is 30.3. The lowest BCUT2D eigenvalue weighted by molar-refractivity contribution is 0.143. The lowest BCUT2D eigenvalue weighted by Gasteiger charge is -2.31. The van der Waals surface area contributed by atoms with Gasteiger partial charge in [0.15, 0.2) is 15.7 Å². The molecule has 0 bridgehead atoms. The van der Waals surface area contributed by atoms with E-state index in [-0.39, 0.29) is 5.75 Å². The molecular formula is C21H23N5O3S. The Balaban J connectivity index is 1.74. The van der Waals surface area contributed by atoms with Gasteiger partial charge in [0.25, 0.3) is 0 Å². The molecular weight excluding hydrogens is 402 g/mol. The monoisotopic (exact) mass is 425 g/mol. The summed E-state index contributed by atoms with van der Waals surface area (Å²) in [7, 11) is -3.31. The molecule has 2 saturated heterocycles. The van der Waals surface area contributed by atoms with Crippen molar-refractivity contribution in [1.82, 2.24) is 19.9 Å². The molecule has 9 heteroatoms. The average molecular weight is 426 g/mol. The van der Waals surface area contributed by atoms with E-state index in [0.29, 0.717) is 49.9 Å². The molecule has 0 spiro atoms. The highest BCUT2D eigenvalue weighted by Gasteiger charge is 2.46. The number of hydrogen-bond donors (Lipinski definition) is 1. The fourth-order valence-corrected chi connectivity index (χ4v) is 6.10. The maximum absolute atomic E-state index is 12.9. The molecule has 5 heterocycles. The maximum atomic E-state index is 12.9. The fraction of sp³-hybridized carbons (Fsp3) is 0.381. The van der Waals surface area contributed by atoms with Gasteiger partial charge < -0.3 is 14.6 Å². The minimum Gasteiger partial charge on any atom is -0.373 e. The van der Waals surface area contributed by atoms with Gasteiger partial charge in [0.05, 0.1) is 24.7 Å². The van der Waals surface area contributed by atoms with Crippen molar-refractivity contribution in [2.45, 2.75) is 24.5 Å². The van der Waals surface area contributed by atoms with Crippen LogP contribution < -0.4 is 4.90 Å². The Morgan fingerprint density at radius 3 is 2.93 bits per heavy atom. The Morgan fingerprint density at radius 2 is 2.17 bits per heavy atom. The predicted molar refractivity (Wildman–Crippen MR) is 115 cm³/mol. The Bertz CT molecular complexity index is 1250. The molecule has 5 rings (SSSR count). The second-order valence-corrected chi connectivity index (χ2v) is 10.5. The van der Waals surface area contributed by atoms with E-state index < -0.39 is 14.6 Å². The number of fused-ring (bicyclic) bond motifs is 1. The van der Waals surface area contributed by atoms with Crippen molar-refractivity contribution in [3.05, 3.63) is 48.6 Å². The number of rotatable bonds is 3. The molecule has 3 aromatic heterocycles. The summed E-state index contributed by atoms with van der Waals surface area (Å²) in [5.74, 6) is 1.31. The number of hydrogen-bond acceptors (Lipinski definition) is 7. The first-order chi connectivity index (χ1) is 14.4.